The molecule has 0 saturated heterocycles. The summed E-state index contributed by atoms with van der Waals surface area (Å²) < 4.78 is 1.15. The molecule has 0 unspecified atom stereocenters. The van der Waals surface area contributed by atoms with Crippen LogP contribution in [0.25, 0.3) is 20.4 Å². The van der Waals surface area contributed by atoms with Crippen molar-refractivity contribution in [1.29, 1.82) is 0 Å². The van der Waals surface area contributed by atoms with Crippen LogP contribution in [-0.2, 0) is 0 Å². The summed E-state index contributed by atoms with van der Waals surface area (Å²) in [6.07, 6.45) is 3.68. The third-order valence-corrected chi connectivity index (χ3v) is 4.62. The highest BCUT2D eigenvalue weighted by molar-refractivity contribution is 7.98. The molecule has 3 aromatic heterocycles. The highest BCUT2D eigenvalue weighted by atomic mass is 32.2. The zero-order valence-electron chi connectivity index (χ0n) is 9.81. The minimum atomic E-state index is 1.04. The van der Waals surface area contributed by atoms with Crippen molar-refractivity contribution in [2.75, 3.05) is 6.26 Å². The van der Waals surface area contributed by atoms with Crippen LogP contribution in [0.15, 0.2) is 17.4 Å². The summed E-state index contributed by atoms with van der Waals surface area (Å²) in [7, 11) is 0. The lowest BCUT2D eigenvalue weighted by molar-refractivity contribution is 1.11. The van der Waals surface area contributed by atoms with Gasteiger partial charge in [-0.25, -0.2) is 15.0 Å². The van der Waals surface area contributed by atoms with Gasteiger partial charge in [-0.15, -0.1) is 23.1 Å². The first-order valence-electron chi connectivity index (χ1n) is 5.26. The Hall–Kier alpha value is -1.20. The number of fused-ring (bicyclic) bond motifs is 3. The number of pyridine rings is 1. The Bertz CT molecular complexity index is 718. The maximum absolute atomic E-state index is 4.59. The summed E-state index contributed by atoms with van der Waals surface area (Å²) in [6.45, 7) is 4.14. The molecule has 3 rings (SSSR count). The van der Waals surface area contributed by atoms with Gasteiger partial charge in [-0.2, -0.15) is 0 Å². The van der Waals surface area contributed by atoms with Crippen molar-refractivity contribution in [2.45, 2.75) is 18.9 Å². The molecule has 0 radical (unpaired) electrons. The molecule has 0 aliphatic rings. The summed E-state index contributed by atoms with van der Waals surface area (Å²) in [6, 6.07) is 2.11. The van der Waals surface area contributed by atoms with Crippen molar-refractivity contribution in [3.05, 3.63) is 23.7 Å². The van der Waals surface area contributed by atoms with Gasteiger partial charge in [0.05, 0.1) is 10.2 Å². The summed E-state index contributed by atoms with van der Waals surface area (Å²) in [5, 5.41) is 2.21. The highest BCUT2D eigenvalue weighted by Gasteiger charge is 2.13. The quantitative estimate of drug-likeness (QED) is 0.496. The van der Waals surface area contributed by atoms with E-state index in [0.29, 0.717) is 0 Å². The topological polar surface area (TPSA) is 38.7 Å². The van der Waals surface area contributed by atoms with Crippen LogP contribution in [0.5, 0.6) is 0 Å². The first kappa shape index (κ1) is 10.9. The fourth-order valence-corrected chi connectivity index (χ4v) is 3.98. The monoisotopic (exact) mass is 261 g/mol. The summed E-state index contributed by atoms with van der Waals surface area (Å²) in [5.41, 5.74) is 3.33. The van der Waals surface area contributed by atoms with E-state index in [-0.39, 0.29) is 0 Å². The van der Waals surface area contributed by atoms with Crippen molar-refractivity contribution in [3.63, 3.8) is 0 Å². The number of rotatable bonds is 1. The SMILES string of the molecule is CSc1ncnc2c1sc1nc(C)cc(C)c12. The molecule has 0 aromatic carbocycles. The molecule has 0 aliphatic carbocycles. The fraction of sp³-hybridized carbons (Fsp3) is 0.250. The number of aryl methyl sites for hydroxylation is 2. The number of aromatic nitrogens is 3. The van der Waals surface area contributed by atoms with Crippen molar-refractivity contribution < 1.29 is 0 Å². The normalized spacial score (nSPS) is 11.5. The van der Waals surface area contributed by atoms with E-state index in [9.17, 15) is 0 Å². The van der Waals surface area contributed by atoms with E-state index in [1.165, 1.54) is 10.9 Å². The molecule has 0 N–H and O–H groups in total. The number of thioether (sulfide) groups is 1. The molecule has 3 nitrogen and oxygen atoms in total. The smallest absolute Gasteiger partial charge is 0.126 e. The van der Waals surface area contributed by atoms with Crippen LogP contribution in [0, 0.1) is 13.8 Å². The molecular weight excluding hydrogens is 250 g/mol. The maximum atomic E-state index is 4.59. The van der Waals surface area contributed by atoms with Gasteiger partial charge >= 0.3 is 0 Å². The first-order chi connectivity index (χ1) is 8.20. The third kappa shape index (κ3) is 1.61. The number of hydrogen-bond donors (Lipinski definition) is 0. The second-order valence-electron chi connectivity index (χ2n) is 3.92. The minimum Gasteiger partial charge on any atom is -0.242 e. The lowest BCUT2D eigenvalue weighted by Crippen LogP contribution is -1.85. The van der Waals surface area contributed by atoms with Crippen molar-refractivity contribution in [1.82, 2.24) is 15.0 Å². The molecule has 0 atom stereocenters. The lowest BCUT2D eigenvalue weighted by atomic mass is 10.1. The summed E-state index contributed by atoms with van der Waals surface area (Å²) in [5.74, 6) is 0. The predicted molar refractivity (Wildman–Crippen MR) is 74.0 cm³/mol. The van der Waals surface area contributed by atoms with Crippen LogP contribution in [0.2, 0.25) is 0 Å². The van der Waals surface area contributed by atoms with Crippen molar-refractivity contribution in [2.24, 2.45) is 0 Å². The van der Waals surface area contributed by atoms with Crippen LogP contribution >= 0.6 is 23.1 Å². The fourth-order valence-electron chi connectivity index (χ4n) is 2.03. The highest BCUT2D eigenvalue weighted by Crippen LogP contribution is 2.37. The molecule has 0 saturated carbocycles. The van der Waals surface area contributed by atoms with Crippen LogP contribution in [0.1, 0.15) is 11.3 Å². The zero-order valence-corrected chi connectivity index (χ0v) is 11.4. The van der Waals surface area contributed by atoms with Crippen LogP contribution < -0.4 is 0 Å². The second-order valence-corrected chi connectivity index (χ2v) is 5.72. The zero-order chi connectivity index (χ0) is 12.0. The predicted octanol–water partition coefficient (Wildman–Crippen LogP) is 3.58. The van der Waals surface area contributed by atoms with Gasteiger partial charge < -0.3 is 0 Å². The second kappa shape index (κ2) is 3.92. The van der Waals surface area contributed by atoms with Crippen molar-refractivity contribution in [3.8, 4) is 0 Å². The van der Waals surface area contributed by atoms with Gasteiger partial charge in [-0.1, -0.05) is 0 Å². The molecule has 0 fully saturated rings. The van der Waals surface area contributed by atoms with Crippen LogP contribution in [0.3, 0.4) is 0 Å². The Morgan fingerprint density at radius 1 is 1.24 bits per heavy atom. The van der Waals surface area contributed by atoms with E-state index < -0.39 is 0 Å². The van der Waals surface area contributed by atoms with E-state index in [1.54, 1.807) is 29.4 Å². The van der Waals surface area contributed by atoms with E-state index in [0.717, 1.165) is 25.8 Å². The maximum Gasteiger partial charge on any atom is 0.126 e. The molecule has 0 amide bonds. The Balaban J connectivity index is 2.54. The van der Waals surface area contributed by atoms with E-state index in [2.05, 4.69) is 27.9 Å². The summed E-state index contributed by atoms with van der Waals surface area (Å²) in [4.78, 5) is 14.4. The molecule has 0 aliphatic heterocycles. The van der Waals surface area contributed by atoms with Gasteiger partial charge in [0.1, 0.15) is 16.2 Å². The van der Waals surface area contributed by atoms with Gasteiger partial charge in [0.25, 0.3) is 0 Å². The molecule has 5 heteroatoms. The van der Waals surface area contributed by atoms with Crippen molar-refractivity contribution >= 4 is 43.5 Å². The Morgan fingerprint density at radius 3 is 2.82 bits per heavy atom. The van der Waals surface area contributed by atoms with E-state index >= 15 is 0 Å². The third-order valence-electron chi connectivity index (χ3n) is 2.71. The largest absolute Gasteiger partial charge is 0.242 e. The minimum absolute atomic E-state index is 1.04. The molecule has 3 heterocycles. The summed E-state index contributed by atoms with van der Waals surface area (Å²) >= 11 is 3.34. The van der Waals surface area contributed by atoms with E-state index in [1.807, 2.05) is 13.2 Å². The van der Waals surface area contributed by atoms with Crippen LogP contribution in [0.4, 0.5) is 0 Å². The molecule has 0 bridgehead atoms. The van der Waals surface area contributed by atoms with Gasteiger partial charge in [-0.3, -0.25) is 0 Å². The Morgan fingerprint density at radius 2 is 2.06 bits per heavy atom. The number of hydrogen-bond acceptors (Lipinski definition) is 5. The average Bonchev–Trinajstić information content (AvgIpc) is 2.66. The van der Waals surface area contributed by atoms with Crippen LogP contribution in [-0.4, -0.2) is 21.2 Å². The number of nitrogens with zero attached hydrogens (tertiary/aromatic N) is 3. The molecule has 3 aromatic rings. The molecule has 17 heavy (non-hydrogen) atoms. The van der Waals surface area contributed by atoms with E-state index in [4.69, 9.17) is 0 Å². The standard InChI is InChI=1S/C12H11N3S2/c1-6-4-7(2)15-11-8(6)9-10(17-11)12(16-3)14-5-13-9/h4-5H,1-3H3. The Labute approximate surface area is 107 Å². The van der Waals surface area contributed by atoms with Gasteiger partial charge in [-0.05, 0) is 31.7 Å². The van der Waals surface area contributed by atoms with Gasteiger partial charge in [0.15, 0.2) is 0 Å². The number of thiophene rings is 1. The first-order valence-corrected chi connectivity index (χ1v) is 7.30. The molecule has 0 spiro atoms. The lowest BCUT2D eigenvalue weighted by Gasteiger charge is -1.98. The Kier molecular flexibility index (Phi) is 2.52. The van der Waals surface area contributed by atoms with Gasteiger partial charge in [0, 0.05) is 11.1 Å². The molecule has 86 valence electrons. The molecular formula is C12H11N3S2. The average molecular weight is 261 g/mol. The van der Waals surface area contributed by atoms with Gasteiger partial charge in [0.2, 0.25) is 0 Å².